The highest BCUT2D eigenvalue weighted by atomic mass is 79.9. The van der Waals surface area contributed by atoms with Crippen LogP contribution in [0.2, 0.25) is 5.02 Å². The molecule has 2 N–H and O–H groups in total. The Balaban J connectivity index is 1.75. The third-order valence-corrected chi connectivity index (χ3v) is 5.35. The molecular formula is C18H22BrClN4O4. The molecule has 3 rings (SSSR count). The molecule has 1 fully saturated rings. The van der Waals surface area contributed by atoms with E-state index in [0.29, 0.717) is 34.6 Å². The number of nitrogens with one attached hydrogen (secondary N) is 2. The van der Waals surface area contributed by atoms with E-state index in [9.17, 15) is 9.59 Å². The van der Waals surface area contributed by atoms with Gasteiger partial charge in [-0.2, -0.15) is 0 Å². The lowest BCUT2D eigenvalue weighted by molar-refractivity contribution is 0.0178. The van der Waals surface area contributed by atoms with Gasteiger partial charge in [-0.05, 0) is 42.8 Å². The van der Waals surface area contributed by atoms with Gasteiger partial charge in [-0.25, -0.2) is 9.78 Å². The molecule has 0 bridgehead atoms. The first kappa shape index (κ1) is 20.9. The number of H-pyrrole nitrogens is 1. The molecule has 1 aromatic carbocycles. The first-order valence-corrected chi connectivity index (χ1v) is 10.0. The molecule has 1 atom stereocenters. The predicted octanol–water partition coefficient (Wildman–Crippen LogP) is 2.93. The summed E-state index contributed by atoms with van der Waals surface area (Å²) in [5.74, 6) is 0.261. The molecule has 1 aliphatic rings. The Bertz CT molecular complexity index is 944. The molecule has 1 aliphatic heterocycles. The summed E-state index contributed by atoms with van der Waals surface area (Å²) in [4.78, 5) is 32.9. The average Bonchev–Trinajstić information content (AvgIpc) is 2.61. The summed E-state index contributed by atoms with van der Waals surface area (Å²) in [6, 6.07) is 1.53. The van der Waals surface area contributed by atoms with Gasteiger partial charge in [0.1, 0.15) is 17.6 Å². The number of carbonyl (C=O) groups is 1. The number of aromatic amines is 1. The largest absolute Gasteiger partial charge is 0.489 e. The second-order valence-corrected chi connectivity index (χ2v) is 8.75. The predicted molar refractivity (Wildman–Crippen MR) is 110 cm³/mol. The number of nitrogens with zero attached hydrogens (tertiary/aromatic N) is 2. The molecule has 10 heteroatoms. The minimum Gasteiger partial charge on any atom is -0.489 e. The Hall–Kier alpha value is -1.84. The van der Waals surface area contributed by atoms with Crippen LogP contribution in [0.4, 0.5) is 4.79 Å². The molecule has 2 aromatic rings. The van der Waals surface area contributed by atoms with E-state index in [-0.39, 0.29) is 35.4 Å². The fourth-order valence-electron chi connectivity index (χ4n) is 2.89. The smallest absolute Gasteiger partial charge is 0.410 e. The highest BCUT2D eigenvalue weighted by Gasteiger charge is 2.28. The number of halogens is 2. The zero-order chi connectivity index (χ0) is 20.5. The van der Waals surface area contributed by atoms with Crippen LogP contribution in [0.15, 0.2) is 21.7 Å². The Morgan fingerprint density at radius 1 is 1.46 bits per heavy atom. The van der Waals surface area contributed by atoms with Crippen molar-refractivity contribution in [3.8, 4) is 5.75 Å². The number of amides is 1. The number of fused-ring (bicyclic) bond motifs is 1. The maximum atomic E-state index is 12.3. The molecule has 0 aliphatic carbocycles. The standard InChI is InChI=1S/C18H22BrClN4O4/c1-18(2,3)28-17(26)24-5-4-21-10(7-24)8-27-15-13-12(6-11(19)14(15)20)22-9-23-16(13)25/h6,9-10,21H,4-5,7-8H2,1-3H3,(H,22,23,25). The Morgan fingerprint density at radius 2 is 2.21 bits per heavy atom. The first-order valence-electron chi connectivity index (χ1n) is 8.85. The van der Waals surface area contributed by atoms with Gasteiger partial charge in [0.25, 0.3) is 5.56 Å². The van der Waals surface area contributed by atoms with Crippen LogP contribution >= 0.6 is 27.5 Å². The van der Waals surface area contributed by atoms with Crippen LogP contribution in [0.5, 0.6) is 5.75 Å². The van der Waals surface area contributed by atoms with Crippen molar-refractivity contribution in [2.45, 2.75) is 32.4 Å². The van der Waals surface area contributed by atoms with Crippen molar-refractivity contribution in [1.82, 2.24) is 20.2 Å². The molecule has 152 valence electrons. The summed E-state index contributed by atoms with van der Waals surface area (Å²) in [6.45, 7) is 7.31. The van der Waals surface area contributed by atoms with Crippen molar-refractivity contribution < 1.29 is 14.3 Å². The molecule has 2 heterocycles. The van der Waals surface area contributed by atoms with Crippen LogP contribution in [0.3, 0.4) is 0 Å². The number of hydrogen-bond acceptors (Lipinski definition) is 6. The molecule has 8 nitrogen and oxygen atoms in total. The van der Waals surface area contributed by atoms with Crippen molar-refractivity contribution in [2.24, 2.45) is 0 Å². The number of rotatable bonds is 3. The zero-order valence-electron chi connectivity index (χ0n) is 15.8. The van der Waals surface area contributed by atoms with Gasteiger partial charge >= 0.3 is 6.09 Å². The van der Waals surface area contributed by atoms with Crippen LogP contribution < -0.4 is 15.6 Å². The normalized spacial score (nSPS) is 17.6. The Labute approximate surface area is 175 Å². The monoisotopic (exact) mass is 472 g/mol. The first-order chi connectivity index (χ1) is 13.2. The highest BCUT2D eigenvalue weighted by molar-refractivity contribution is 9.10. The highest BCUT2D eigenvalue weighted by Crippen LogP contribution is 2.37. The number of piperazine rings is 1. The van der Waals surface area contributed by atoms with Crippen molar-refractivity contribution in [1.29, 1.82) is 0 Å². The van der Waals surface area contributed by atoms with Crippen molar-refractivity contribution in [3.63, 3.8) is 0 Å². The van der Waals surface area contributed by atoms with Gasteiger partial charge in [0.05, 0.1) is 22.9 Å². The molecule has 28 heavy (non-hydrogen) atoms. The molecule has 1 unspecified atom stereocenters. The van der Waals surface area contributed by atoms with Gasteiger partial charge in [-0.15, -0.1) is 0 Å². The SMILES string of the molecule is CC(C)(C)OC(=O)N1CCNC(COc2c(Cl)c(Br)cc3nc[nH]c(=O)c23)C1. The summed E-state index contributed by atoms with van der Waals surface area (Å²) < 4.78 is 11.9. The number of aromatic nitrogens is 2. The molecule has 1 saturated heterocycles. The summed E-state index contributed by atoms with van der Waals surface area (Å²) in [7, 11) is 0. The fraction of sp³-hybridized carbons (Fsp3) is 0.500. The minimum absolute atomic E-state index is 0.137. The second-order valence-electron chi connectivity index (χ2n) is 7.52. The van der Waals surface area contributed by atoms with E-state index < -0.39 is 5.60 Å². The third kappa shape index (κ3) is 4.76. The number of ether oxygens (including phenoxy) is 2. The fourth-order valence-corrected chi connectivity index (χ4v) is 3.49. The quantitative estimate of drug-likeness (QED) is 0.711. The number of benzene rings is 1. The number of carbonyl (C=O) groups excluding carboxylic acids is 1. The van der Waals surface area contributed by atoms with Gasteiger partial charge in [-0.1, -0.05) is 11.6 Å². The van der Waals surface area contributed by atoms with E-state index in [2.05, 4.69) is 31.2 Å². The van der Waals surface area contributed by atoms with Gasteiger partial charge < -0.3 is 24.7 Å². The van der Waals surface area contributed by atoms with Crippen LogP contribution in [0, 0.1) is 0 Å². The summed E-state index contributed by atoms with van der Waals surface area (Å²) in [5.41, 5.74) is -0.409. The summed E-state index contributed by atoms with van der Waals surface area (Å²) in [6.07, 6.45) is 0.974. The van der Waals surface area contributed by atoms with Crippen LogP contribution in [-0.2, 0) is 4.74 Å². The number of hydrogen-bond donors (Lipinski definition) is 2. The van der Waals surface area contributed by atoms with Crippen LogP contribution in [0.25, 0.3) is 10.9 Å². The van der Waals surface area contributed by atoms with Crippen LogP contribution in [-0.4, -0.2) is 58.8 Å². The zero-order valence-corrected chi connectivity index (χ0v) is 18.2. The maximum Gasteiger partial charge on any atom is 0.410 e. The van der Waals surface area contributed by atoms with Gasteiger partial charge in [0.2, 0.25) is 0 Å². The topological polar surface area (TPSA) is 96.5 Å². The second kappa shape index (κ2) is 8.26. The van der Waals surface area contributed by atoms with E-state index in [1.807, 2.05) is 20.8 Å². The van der Waals surface area contributed by atoms with Crippen LogP contribution in [0.1, 0.15) is 20.8 Å². The Morgan fingerprint density at radius 3 is 2.93 bits per heavy atom. The molecule has 0 spiro atoms. The van der Waals surface area contributed by atoms with Crippen molar-refractivity contribution in [3.05, 3.63) is 32.2 Å². The van der Waals surface area contributed by atoms with E-state index in [4.69, 9.17) is 21.1 Å². The van der Waals surface area contributed by atoms with E-state index in [1.54, 1.807) is 11.0 Å². The average molecular weight is 474 g/mol. The lowest BCUT2D eigenvalue weighted by Gasteiger charge is -2.34. The van der Waals surface area contributed by atoms with Gasteiger partial charge in [-0.3, -0.25) is 4.79 Å². The molecular weight excluding hydrogens is 452 g/mol. The molecule has 0 saturated carbocycles. The Kier molecular flexibility index (Phi) is 6.16. The van der Waals surface area contributed by atoms with E-state index >= 15 is 0 Å². The van der Waals surface area contributed by atoms with Gasteiger partial charge in [0, 0.05) is 24.1 Å². The lowest BCUT2D eigenvalue weighted by atomic mass is 10.2. The molecule has 1 aromatic heterocycles. The third-order valence-electron chi connectivity index (χ3n) is 4.12. The minimum atomic E-state index is -0.551. The molecule has 0 radical (unpaired) electrons. The molecule has 1 amide bonds. The van der Waals surface area contributed by atoms with E-state index in [0.717, 1.165) is 0 Å². The van der Waals surface area contributed by atoms with Gasteiger partial charge in [0.15, 0.2) is 5.75 Å². The summed E-state index contributed by atoms with van der Waals surface area (Å²) >= 11 is 9.72. The summed E-state index contributed by atoms with van der Waals surface area (Å²) in [5, 5.41) is 3.89. The van der Waals surface area contributed by atoms with Crippen molar-refractivity contribution >= 4 is 44.5 Å². The van der Waals surface area contributed by atoms with Crippen molar-refractivity contribution in [2.75, 3.05) is 26.2 Å². The maximum absolute atomic E-state index is 12.3. The van der Waals surface area contributed by atoms with E-state index in [1.165, 1.54) is 6.33 Å². The lowest BCUT2D eigenvalue weighted by Crippen LogP contribution is -2.55.